The van der Waals surface area contributed by atoms with Crippen molar-refractivity contribution in [1.82, 2.24) is 15.2 Å². The first-order valence-corrected chi connectivity index (χ1v) is 24.3. The van der Waals surface area contributed by atoms with E-state index in [2.05, 4.69) is 32.2 Å². The van der Waals surface area contributed by atoms with Crippen molar-refractivity contribution in [2.75, 3.05) is 37.6 Å². The number of phenols is 1. The Hall–Kier alpha value is -7.15. The third kappa shape index (κ3) is 7.22. The Kier molecular flexibility index (Phi) is 10.5. The molecule has 5 aromatic rings. The number of benzene rings is 6. The second-order valence-corrected chi connectivity index (χ2v) is 19.4. The summed E-state index contributed by atoms with van der Waals surface area (Å²) in [6.45, 7) is 3.63. The number of nitrogens with one attached hydrogen (secondary N) is 2. The predicted molar refractivity (Wildman–Crippen MR) is 264 cm³/mol. The molecule has 14 heteroatoms. The Morgan fingerprint density at radius 3 is 2.35 bits per heavy atom. The number of carboxylic acid groups (broad SMARTS) is 1. The Morgan fingerprint density at radius 2 is 1.54 bits per heavy atom. The third-order valence-corrected chi connectivity index (χ3v) is 15.1. The van der Waals surface area contributed by atoms with Gasteiger partial charge in [0.25, 0.3) is 5.91 Å². The molecule has 5 aromatic carbocycles. The number of carbonyl (C=O) groups is 3. The average Bonchev–Trinajstić information content (AvgIpc) is 3.35. The van der Waals surface area contributed by atoms with Gasteiger partial charge in [-0.15, -0.1) is 0 Å². The number of carboxylic acids is 1. The quantitative estimate of drug-likeness (QED) is 0.0882. The van der Waals surface area contributed by atoms with E-state index in [9.17, 15) is 29.4 Å². The number of nitrogens with zero attached hydrogens (tertiary/aromatic N) is 2. The van der Waals surface area contributed by atoms with E-state index in [0.29, 0.717) is 28.4 Å². The van der Waals surface area contributed by atoms with Crippen LogP contribution in [0.4, 0.5) is 5.69 Å². The molecule has 0 saturated carbocycles. The van der Waals surface area contributed by atoms with Gasteiger partial charge in [-0.1, -0.05) is 47.5 Å². The zero-order valence-electron chi connectivity index (χ0n) is 37.4. The van der Waals surface area contributed by atoms with Crippen molar-refractivity contribution in [3.63, 3.8) is 0 Å². The van der Waals surface area contributed by atoms with Gasteiger partial charge in [0.2, 0.25) is 11.3 Å². The minimum absolute atomic E-state index is 0.0352. The minimum Gasteiger partial charge on any atom is -0.508 e. The molecular weight excluding hydrogens is 916 g/mol. The van der Waals surface area contributed by atoms with Crippen molar-refractivity contribution < 1.29 is 33.8 Å². The fraction of sp³-hybridized carbons (Fsp3) is 0.255. The van der Waals surface area contributed by atoms with Crippen LogP contribution in [0, 0.1) is 0 Å². The number of hydrogen-bond donors (Lipinski definition) is 4. The number of halogens is 2. The van der Waals surface area contributed by atoms with Gasteiger partial charge in [0, 0.05) is 99.9 Å². The number of aromatic hydroxyl groups is 1. The van der Waals surface area contributed by atoms with Crippen molar-refractivity contribution >= 4 is 63.2 Å². The first-order chi connectivity index (χ1) is 33.5. The van der Waals surface area contributed by atoms with Crippen LogP contribution < -0.4 is 40.9 Å². The van der Waals surface area contributed by atoms with Crippen molar-refractivity contribution in [2.24, 2.45) is 0 Å². The molecule has 346 valence electrons. The molecule has 6 aliphatic heterocycles. The second kappa shape index (κ2) is 16.8. The van der Waals surface area contributed by atoms with Crippen molar-refractivity contribution in [1.29, 1.82) is 0 Å². The van der Waals surface area contributed by atoms with Gasteiger partial charge >= 0.3 is 5.97 Å². The van der Waals surface area contributed by atoms with Gasteiger partial charge in [-0.3, -0.25) is 14.4 Å². The van der Waals surface area contributed by atoms with Crippen LogP contribution in [-0.2, 0) is 37.0 Å². The van der Waals surface area contributed by atoms with Crippen LogP contribution in [0.15, 0.2) is 88.1 Å². The van der Waals surface area contributed by atoms with Gasteiger partial charge in [0.15, 0.2) is 5.43 Å². The lowest BCUT2D eigenvalue weighted by Gasteiger charge is -2.39. The van der Waals surface area contributed by atoms with E-state index in [-0.39, 0.29) is 44.5 Å². The van der Waals surface area contributed by atoms with Crippen molar-refractivity contribution in [3.8, 4) is 39.7 Å². The molecule has 0 bridgehead atoms. The van der Waals surface area contributed by atoms with E-state index >= 15 is 0 Å². The van der Waals surface area contributed by atoms with Crippen LogP contribution in [0.2, 0.25) is 10.0 Å². The summed E-state index contributed by atoms with van der Waals surface area (Å²) in [7, 11) is 0. The number of phenolic OH excluding ortho intramolecular Hbond substituents is 1. The molecular formula is C55H45Cl2N4O8+. The number of fused-ring (bicyclic) bond motifs is 6. The van der Waals surface area contributed by atoms with E-state index in [0.717, 1.165) is 127 Å². The molecule has 69 heavy (non-hydrogen) atoms. The van der Waals surface area contributed by atoms with E-state index in [1.807, 2.05) is 24.3 Å². The summed E-state index contributed by atoms with van der Waals surface area (Å²) in [4.78, 5) is 55.6. The molecule has 6 heterocycles. The maximum atomic E-state index is 14.2. The summed E-state index contributed by atoms with van der Waals surface area (Å²) in [5.74, 6) is -0.602. The summed E-state index contributed by atoms with van der Waals surface area (Å²) in [5.41, 5.74) is 10.4. The Labute approximate surface area is 405 Å². The van der Waals surface area contributed by atoms with Crippen molar-refractivity contribution in [3.05, 3.63) is 160 Å². The summed E-state index contributed by atoms with van der Waals surface area (Å²) in [5, 5.41) is 29.1. The smallest absolute Gasteiger partial charge is 0.337 e. The van der Waals surface area contributed by atoms with Crippen LogP contribution in [-0.4, -0.2) is 60.7 Å². The Bertz CT molecular complexity index is 3580. The molecule has 7 aliphatic rings. The number of anilines is 1. The monoisotopic (exact) mass is 959 g/mol. The molecule has 0 fully saturated rings. The molecule has 12 rings (SSSR count). The van der Waals surface area contributed by atoms with Crippen LogP contribution in [0.1, 0.15) is 85.3 Å². The van der Waals surface area contributed by atoms with Gasteiger partial charge in [0.05, 0.1) is 33.3 Å². The largest absolute Gasteiger partial charge is 0.508 e. The maximum Gasteiger partial charge on any atom is 0.337 e. The molecule has 1 aliphatic carbocycles. The number of ether oxygens (including phenoxy) is 1. The molecule has 0 saturated heterocycles. The number of aryl methyl sites for hydroxylation is 2. The average molecular weight is 961 g/mol. The first-order valence-electron chi connectivity index (χ1n) is 23.5. The number of rotatable bonds is 8. The van der Waals surface area contributed by atoms with E-state index in [1.165, 1.54) is 46.4 Å². The summed E-state index contributed by atoms with van der Waals surface area (Å²) in [6, 6.07) is 22.6. The fourth-order valence-corrected chi connectivity index (χ4v) is 12.1. The molecule has 0 unspecified atom stereocenters. The summed E-state index contributed by atoms with van der Waals surface area (Å²) >= 11 is 14.3. The van der Waals surface area contributed by atoms with Gasteiger partial charge in [-0.25, -0.2) is 9.37 Å². The lowest BCUT2D eigenvalue weighted by Crippen LogP contribution is -2.45. The molecule has 0 radical (unpaired) electrons. The SMILES string of the molecule is O=C(CNC(=O)c1cc(Cl)c(C(=O)O)c(C2=c3cc4c5c(c3Oc3c2cc2c6c3CCCN6CCC2)CCC[N+]=5CCC4)c1Cl)NCc1ccc(-c2c3ccc(=O)cc-3oc3cc(O)ccc23)cc1. The van der Waals surface area contributed by atoms with Crippen LogP contribution in [0.25, 0.3) is 39.0 Å². The highest BCUT2D eigenvalue weighted by molar-refractivity contribution is 6.40. The summed E-state index contributed by atoms with van der Waals surface area (Å²) in [6.07, 6.45) is 7.26. The highest BCUT2D eigenvalue weighted by atomic mass is 35.5. The fourth-order valence-electron chi connectivity index (χ4n) is 11.5. The normalized spacial score (nSPS) is 15.5. The first kappa shape index (κ1) is 43.2. The van der Waals surface area contributed by atoms with Gasteiger partial charge in [-0.2, -0.15) is 0 Å². The number of carbonyl (C=O) groups excluding carboxylic acids is 2. The van der Waals surface area contributed by atoms with Crippen LogP contribution in [0.5, 0.6) is 17.2 Å². The van der Waals surface area contributed by atoms with Gasteiger partial charge in [0.1, 0.15) is 41.7 Å². The third-order valence-electron chi connectivity index (χ3n) is 14.4. The highest BCUT2D eigenvalue weighted by Gasteiger charge is 2.38. The molecule has 2 amide bonds. The number of aromatic carboxylic acids is 1. The second-order valence-electron chi connectivity index (χ2n) is 18.6. The summed E-state index contributed by atoms with van der Waals surface area (Å²) < 4.78 is 15.6. The zero-order valence-corrected chi connectivity index (χ0v) is 38.9. The van der Waals surface area contributed by atoms with Crippen molar-refractivity contribution in [2.45, 2.75) is 57.9 Å². The van der Waals surface area contributed by atoms with Crippen LogP contribution in [0.3, 0.4) is 0 Å². The molecule has 0 atom stereocenters. The van der Waals surface area contributed by atoms with Crippen LogP contribution >= 0.6 is 23.2 Å². The molecule has 4 N–H and O–H groups in total. The van der Waals surface area contributed by atoms with E-state index in [4.69, 9.17) is 32.4 Å². The van der Waals surface area contributed by atoms with Gasteiger partial charge < -0.3 is 34.9 Å². The lowest BCUT2D eigenvalue weighted by atomic mass is 9.81. The highest BCUT2D eigenvalue weighted by Crippen LogP contribution is 2.50. The minimum atomic E-state index is -1.28. The number of hydrogen-bond acceptors (Lipinski definition) is 8. The molecule has 0 aromatic heterocycles. The zero-order chi connectivity index (χ0) is 47.2. The van der Waals surface area contributed by atoms with E-state index < -0.39 is 24.3 Å². The maximum absolute atomic E-state index is 14.2. The van der Waals surface area contributed by atoms with Gasteiger partial charge in [-0.05, 0) is 97.7 Å². The Balaban J connectivity index is 0.871. The molecule has 12 nitrogen and oxygen atoms in total. The standard InChI is InChI=1S/C55H44Cl2N4O8/c56-41-25-40(54(65)59-27-44(64)58-26-28-9-11-29(12-10-28)45-34-15-13-32(62)23-42(34)68-43-24-33(63)14-16-35(43)45)49(57)48(47(41)55(66)67)46-38-21-30-5-1-17-60-19-3-7-36(50(30)60)52(38)69-53-37-8-4-20-61-18-2-6-31(51(37)61)22-39(46)53/h9-16,21-25H,1-8,17-20,26-27H2,(H3-,58,59,62,63,64,65,66,67)/p+1. The number of amides is 2. The Morgan fingerprint density at radius 1 is 0.768 bits per heavy atom. The molecule has 0 spiro atoms. The topological polar surface area (TPSA) is 161 Å². The van der Waals surface area contributed by atoms with E-state index in [1.54, 1.807) is 18.2 Å². The lowest BCUT2D eigenvalue weighted by molar-refractivity contribution is -0.120. The predicted octanol–water partition coefficient (Wildman–Crippen LogP) is 7.76.